The summed E-state index contributed by atoms with van der Waals surface area (Å²) < 4.78 is 5.56. The molecule has 2 N–H and O–H groups in total. The molecule has 0 saturated heterocycles. The molecule has 1 fully saturated rings. The van der Waals surface area contributed by atoms with E-state index in [4.69, 9.17) is 10.5 Å². The highest BCUT2D eigenvalue weighted by atomic mass is 16.5. The molecular formula is C17H25NO2. The van der Waals surface area contributed by atoms with E-state index in [9.17, 15) is 4.79 Å². The average Bonchev–Trinajstić information content (AvgIpc) is 2.46. The number of hydrogen-bond donors (Lipinski definition) is 1. The molecule has 3 nitrogen and oxygen atoms in total. The molecule has 1 aromatic carbocycles. The Balaban J connectivity index is 1.94. The molecule has 0 unspecified atom stereocenters. The topological polar surface area (TPSA) is 52.3 Å². The highest BCUT2D eigenvalue weighted by Gasteiger charge is 2.32. The fourth-order valence-corrected chi connectivity index (χ4v) is 2.75. The number of anilines is 1. The largest absolute Gasteiger partial charge is 0.465 e. The van der Waals surface area contributed by atoms with E-state index < -0.39 is 5.41 Å². The highest BCUT2D eigenvalue weighted by Crippen LogP contribution is 2.28. The first-order valence-corrected chi connectivity index (χ1v) is 7.53. The van der Waals surface area contributed by atoms with Crippen LogP contribution in [0.3, 0.4) is 0 Å². The summed E-state index contributed by atoms with van der Waals surface area (Å²) in [7, 11) is 0. The lowest BCUT2D eigenvalue weighted by atomic mass is 9.84. The van der Waals surface area contributed by atoms with Crippen LogP contribution in [0.1, 0.15) is 51.5 Å². The smallest absolute Gasteiger partial charge is 0.315 e. The Hall–Kier alpha value is -1.51. The summed E-state index contributed by atoms with van der Waals surface area (Å²) in [6, 6.07) is 7.45. The number of nitrogen functional groups attached to an aromatic ring is 1. The zero-order chi connectivity index (χ0) is 14.6. The second-order valence-electron chi connectivity index (χ2n) is 6.35. The van der Waals surface area contributed by atoms with Crippen LogP contribution in [0.5, 0.6) is 0 Å². The molecule has 0 spiro atoms. The Labute approximate surface area is 121 Å². The number of nitrogens with two attached hydrogens (primary N) is 1. The van der Waals surface area contributed by atoms with Gasteiger partial charge in [-0.2, -0.15) is 0 Å². The van der Waals surface area contributed by atoms with Crippen molar-refractivity contribution in [2.24, 2.45) is 5.92 Å². The lowest BCUT2D eigenvalue weighted by Gasteiger charge is -2.26. The third-order valence-corrected chi connectivity index (χ3v) is 4.32. The van der Waals surface area contributed by atoms with Crippen LogP contribution in [0.25, 0.3) is 0 Å². The van der Waals surface area contributed by atoms with Crippen LogP contribution in [0.15, 0.2) is 24.3 Å². The Bertz CT molecular complexity index is 445. The Morgan fingerprint density at radius 3 is 2.40 bits per heavy atom. The van der Waals surface area contributed by atoms with Gasteiger partial charge < -0.3 is 10.5 Å². The van der Waals surface area contributed by atoms with Crippen LogP contribution in [0, 0.1) is 5.92 Å². The molecule has 20 heavy (non-hydrogen) atoms. The van der Waals surface area contributed by atoms with Gasteiger partial charge >= 0.3 is 5.97 Å². The maximum Gasteiger partial charge on any atom is 0.315 e. The van der Waals surface area contributed by atoms with Crippen LogP contribution in [-0.4, -0.2) is 12.6 Å². The molecule has 1 saturated carbocycles. The molecule has 3 heteroatoms. The standard InChI is InChI=1S/C17H25NO2/c1-17(2,14-8-10-15(18)11-9-14)16(19)20-12-13-6-4-3-5-7-13/h8-11,13H,3-7,12,18H2,1-2H3. The van der Waals surface area contributed by atoms with Crippen molar-refractivity contribution in [3.63, 3.8) is 0 Å². The van der Waals surface area contributed by atoms with Crippen LogP contribution >= 0.6 is 0 Å². The summed E-state index contributed by atoms with van der Waals surface area (Å²) >= 11 is 0. The monoisotopic (exact) mass is 275 g/mol. The van der Waals surface area contributed by atoms with Crippen LogP contribution in [0.2, 0.25) is 0 Å². The number of carbonyl (C=O) groups is 1. The van der Waals surface area contributed by atoms with E-state index in [1.807, 2.05) is 38.1 Å². The summed E-state index contributed by atoms with van der Waals surface area (Å²) in [5.41, 5.74) is 6.72. The molecule has 1 aliphatic carbocycles. The zero-order valence-electron chi connectivity index (χ0n) is 12.5. The predicted octanol–water partition coefficient (Wildman–Crippen LogP) is 3.67. The molecule has 0 amide bonds. The third-order valence-electron chi connectivity index (χ3n) is 4.32. The van der Waals surface area contributed by atoms with Crippen molar-refractivity contribution in [3.8, 4) is 0 Å². The third kappa shape index (κ3) is 3.53. The van der Waals surface area contributed by atoms with Gasteiger partial charge in [0.1, 0.15) is 0 Å². The van der Waals surface area contributed by atoms with E-state index in [-0.39, 0.29) is 5.97 Å². The van der Waals surface area contributed by atoms with E-state index in [2.05, 4.69) is 0 Å². The van der Waals surface area contributed by atoms with E-state index in [0.717, 1.165) is 5.56 Å². The molecule has 2 rings (SSSR count). The van der Waals surface area contributed by atoms with E-state index in [1.54, 1.807) is 0 Å². The summed E-state index contributed by atoms with van der Waals surface area (Å²) in [6.07, 6.45) is 6.24. The van der Waals surface area contributed by atoms with Crippen molar-refractivity contribution >= 4 is 11.7 Å². The second-order valence-corrected chi connectivity index (χ2v) is 6.35. The van der Waals surface area contributed by atoms with E-state index in [0.29, 0.717) is 18.2 Å². The zero-order valence-corrected chi connectivity index (χ0v) is 12.5. The maximum absolute atomic E-state index is 12.3. The lowest BCUT2D eigenvalue weighted by Crippen LogP contribution is -2.32. The molecule has 0 aromatic heterocycles. The highest BCUT2D eigenvalue weighted by molar-refractivity contribution is 5.82. The summed E-state index contributed by atoms with van der Waals surface area (Å²) in [5.74, 6) is 0.405. The minimum atomic E-state index is -0.623. The van der Waals surface area contributed by atoms with Gasteiger partial charge in [-0.3, -0.25) is 4.79 Å². The van der Waals surface area contributed by atoms with Gasteiger partial charge in [0, 0.05) is 5.69 Å². The molecule has 0 radical (unpaired) electrons. The Morgan fingerprint density at radius 2 is 1.80 bits per heavy atom. The van der Waals surface area contributed by atoms with Crippen molar-refractivity contribution in [2.75, 3.05) is 12.3 Å². The average molecular weight is 275 g/mol. The summed E-state index contributed by atoms with van der Waals surface area (Å²) in [5, 5.41) is 0. The molecule has 1 aromatic rings. The predicted molar refractivity (Wildman–Crippen MR) is 81.4 cm³/mol. The quantitative estimate of drug-likeness (QED) is 0.674. The van der Waals surface area contributed by atoms with Crippen molar-refractivity contribution < 1.29 is 9.53 Å². The van der Waals surface area contributed by atoms with Gasteiger partial charge in [0.15, 0.2) is 0 Å². The minimum absolute atomic E-state index is 0.146. The first kappa shape index (κ1) is 14.9. The number of ether oxygens (including phenoxy) is 1. The van der Waals surface area contributed by atoms with E-state index in [1.165, 1.54) is 32.1 Å². The van der Waals surface area contributed by atoms with E-state index >= 15 is 0 Å². The fourth-order valence-electron chi connectivity index (χ4n) is 2.75. The molecule has 0 aliphatic heterocycles. The van der Waals surface area contributed by atoms with Crippen LogP contribution in [0.4, 0.5) is 5.69 Å². The van der Waals surface area contributed by atoms with Gasteiger partial charge in [-0.15, -0.1) is 0 Å². The van der Waals surface area contributed by atoms with Gasteiger partial charge in [0.25, 0.3) is 0 Å². The van der Waals surface area contributed by atoms with Crippen molar-refractivity contribution in [1.29, 1.82) is 0 Å². The Morgan fingerprint density at radius 1 is 1.20 bits per heavy atom. The van der Waals surface area contributed by atoms with Crippen molar-refractivity contribution in [2.45, 2.75) is 51.4 Å². The lowest BCUT2D eigenvalue weighted by molar-refractivity contribution is -0.151. The number of rotatable bonds is 4. The number of hydrogen-bond acceptors (Lipinski definition) is 3. The summed E-state index contributed by atoms with van der Waals surface area (Å²) in [4.78, 5) is 12.3. The van der Waals surface area contributed by atoms with Gasteiger partial charge in [0.2, 0.25) is 0 Å². The SMILES string of the molecule is CC(C)(C(=O)OCC1CCCCC1)c1ccc(N)cc1. The minimum Gasteiger partial charge on any atom is -0.465 e. The van der Waals surface area contributed by atoms with Crippen molar-refractivity contribution in [1.82, 2.24) is 0 Å². The van der Waals surface area contributed by atoms with Gasteiger partial charge in [-0.1, -0.05) is 31.4 Å². The van der Waals surface area contributed by atoms with Crippen LogP contribution < -0.4 is 5.73 Å². The number of benzene rings is 1. The number of carbonyl (C=O) groups excluding carboxylic acids is 1. The molecule has 1 aliphatic rings. The fraction of sp³-hybridized carbons (Fsp3) is 0.588. The van der Waals surface area contributed by atoms with Gasteiger partial charge in [-0.05, 0) is 50.3 Å². The molecule has 0 atom stereocenters. The first-order valence-electron chi connectivity index (χ1n) is 7.53. The summed E-state index contributed by atoms with van der Waals surface area (Å²) in [6.45, 7) is 4.38. The normalized spacial score (nSPS) is 16.9. The first-order chi connectivity index (χ1) is 9.50. The molecule has 0 heterocycles. The van der Waals surface area contributed by atoms with Crippen LogP contribution in [-0.2, 0) is 14.9 Å². The maximum atomic E-state index is 12.3. The Kier molecular flexibility index (Phi) is 4.69. The molecule has 0 bridgehead atoms. The second kappa shape index (κ2) is 6.29. The van der Waals surface area contributed by atoms with Crippen molar-refractivity contribution in [3.05, 3.63) is 29.8 Å². The van der Waals surface area contributed by atoms with Gasteiger partial charge in [-0.25, -0.2) is 0 Å². The number of esters is 1. The van der Waals surface area contributed by atoms with Gasteiger partial charge in [0.05, 0.1) is 12.0 Å². The molecule has 110 valence electrons. The molecular weight excluding hydrogens is 250 g/mol.